The second-order valence-corrected chi connectivity index (χ2v) is 5.73. The molecular weight excluding hydrogens is 266 g/mol. The van der Waals surface area contributed by atoms with Crippen LogP contribution in [-0.4, -0.2) is 33.5 Å². The van der Waals surface area contributed by atoms with Crippen molar-refractivity contribution >= 4 is 0 Å². The molecule has 0 amide bonds. The molecule has 4 heteroatoms. The van der Waals surface area contributed by atoms with Gasteiger partial charge < -0.3 is 19.5 Å². The first-order valence-electron chi connectivity index (χ1n) is 7.71. The lowest BCUT2D eigenvalue weighted by atomic mass is 9.92. The van der Waals surface area contributed by atoms with Crippen LogP contribution >= 0.6 is 0 Å². The van der Waals surface area contributed by atoms with Gasteiger partial charge in [-0.05, 0) is 50.8 Å². The Labute approximate surface area is 127 Å². The number of methoxy groups -OCH3 is 2. The summed E-state index contributed by atoms with van der Waals surface area (Å²) in [4.78, 5) is 0. The fourth-order valence-electron chi connectivity index (χ4n) is 3.01. The van der Waals surface area contributed by atoms with E-state index in [2.05, 4.69) is 19.2 Å². The molecule has 0 radical (unpaired) electrons. The maximum Gasteiger partial charge on any atom is 0.123 e. The fraction of sp³-hybridized carbons (Fsp3) is 0.647. The Morgan fingerprint density at radius 2 is 1.86 bits per heavy atom. The maximum absolute atomic E-state index is 5.48. The van der Waals surface area contributed by atoms with Crippen molar-refractivity contribution in [3.63, 3.8) is 0 Å². The fourth-order valence-corrected chi connectivity index (χ4v) is 3.01. The van der Waals surface area contributed by atoms with Gasteiger partial charge in [-0.1, -0.05) is 0 Å². The summed E-state index contributed by atoms with van der Waals surface area (Å²) in [5.74, 6) is 2.44. The van der Waals surface area contributed by atoms with Crippen LogP contribution in [-0.2, 0) is 4.74 Å². The van der Waals surface area contributed by atoms with Gasteiger partial charge in [0.1, 0.15) is 11.5 Å². The highest BCUT2D eigenvalue weighted by Gasteiger charge is 2.23. The Balaban J connectivity index is 2.06. The van der Waals surface area contributed by atoms with Crippen LogP contribution < -0.4 is 14.8 Å². The van der Waals surface area contributed by atoms with Crippen molar-refractivity contribution in [1.82, 2.24) is 5.32 Å². The van der Waals surface area contributed by atoms with E-state index in [0.717, 1.165) is 43.1 Å². The average molecular weight is 293 g/mol. The molecule has 118 valence electrons. The molecule has 1 saturated heterocycles. The molecule has 0 bridgehead atoms. The van der Waals surface area contributed by atoms with Crippen LogP contribution in [0, 0.1) is 5.92 Å². The third kappa shape index (κ3) is 4.11. The van der Waals surface area contributed by atoms with Crippen molar-refractivity contribution in [1.29, 1.82) is 0 Å². The van der Waals surface area contributed by atoms with E-state index in [-0.39, 0.29) is 6.04 Å². The van der Waals surface area contributed by atoms with Gasteiger partial charge in [-0.15, -0.1) is 0 Å². The van der Waals surface area contributed by atoms with Crippen molar-refractivity contribution in [2.45, 2.75) is 38.8 Å². The first-order valence-corrected chi connectivity index (χ1v) is 7.71. The van der Waals surface area contributed by atoms with E-state index in [4.69, 9.17) is 14.2 Å². The zero-order chi connectivity index (χ0) is 15.2. The van der Waals surface area contributed by atoms with Crippen molar-refractivity contribution in [3.8, 4) is 11.5 Å². The quantitative estimate of drug-likeness (QED) is 0.874. The minimum absolute atomic E-state index is 0.216. The van der Waals surface area contributed by atoms with E-state index >= 15 is 0 Å². The molecule has 21 heavy (non-hydrogen) atoms. The predicted molar refractivity (Wildman–Crippen MR) is 84.1 cm³/mol. The summed E-state index contributed by atoms with van der Waals surface area (Å²) in [5.41, 5.74) is 1.13. The van der Waals surface area contributed by atoms with Gasteiger partial charge in [0.25, 0.3) is 0 Å². The molecule has 1 N–H and O–H groups in total. The molecule has 0 saturated carbocycles. The number of rotatable bonds is 6. The molecule has 1 aromatic carbocycles. The summed E-state index contributed by atoms with van der Waals surface area (Å²) >= 11 is 0. The Kier molecular flexibility index (Phi) is 5.88. The van der Waals surface area contributed by atoms with Crippen LogP contribution in [0.3, 0.4) is 0 Å². The van der Waals surface area contributed by atoms with E-state index in [1.807, 2.05) is 18.2 Å². The van der Waals surface area contributed by atoms with Crippen LogP contribution in [0.4, 0.5) is 0 Å². The molecule has 0 aromatic heterocycles. The van der Waals surface area contributed by atoms with Crippen molar-refractivity contribution in [2.75, 3.05) is 27.4 Å². The van der Waals surface area contributed by atoms with Gasteiger partial charge in [-0.3, -0.25) is 0 Å². The lowest BCUT2D eigenvalue weighted by Gasteiger charge is -2.31. The number of hydrogen-bond donors (Lipinski definition) is 1. The number of ether oxygens (including phenoxy) is 3. The Bertz CT molecular complexity index is 444. The lowest BCUT2D eigenvalue weighted by molar-refractivity contribution is 0.0546. The standard InChI is InChI=1S/C17H27NO3/c1-12(14-7-9-21-10-8-14)18-13(2)16-11-15(19-3)5-6-17(16)20-4/h5-6,11-14,18H,7-10H2,1-4H3. The molecule has 1 heterocycles. The highest BCUT2D eigenvalue weighted by molar-refractivity contribution is 5.42. The molecule has 1 aliphatic heterocycles. The molecule has 0 aliphatic carbocycles. The van der Waals surface area contributed by atoms with E-state index < -0.39 is 0 Å². The molecule has 1 aromatic rings. The normalized spacial score (nSPS) is 19.0. The maximum atomic E-state index is 5.48. The van der Waals surface area contributed by atoms with E-state index in [1.165, 1.54) is 0 Å². The zero-order valence-electron chi connectivity index (χ0n) is 13.5. The van der Waals surface area contributed by atoms with E-state index in [0.29, 0.717) is 12.0 Å². The van der Waals surface area contributed by atoms with Gasteiger partial charge >= 0.3 is 0 Å². The summed E-state index contributed by atoms with van der Waals surface area (Å²) in [6, 6.07) is 6.61. The first kappa shape index (κ1) is 16.1. The van der Waals surface area contributed by atoms with E-state index in [1.54, 1.807) is 14.2 Å². The molecule has 4 nitrogen and oxygen atoms in total. The summed E-state index contributed by atoms with van der Waals surface area (Å²) < 4.78 is 16.2. The van der Waals surface area contributed by atoms with Crippen molar-refractivity contribution < 1.29 is 14.2 Å². The van der Waals surface area contributed by atoms with Gasteiger partial charge in [0.15, 0.2) is 0 Å². The Hall–Kier alpha value is -1.26. The minimum Gasteiger partial charge on any atom is -0.497 e. The first-order chi connectivity index (χ1) is 10.2. The van der Waals surface area contributed by atoms with Gasteiger partial charge in [0.05, 0.1) is 14.2 Å². The zero-order valence-corrected chi connectivity index (χ0v) is 13.5. The summed E-state index contributed by atoms with van der Waals surface area (Å²) in [5, 5.41) is 3.70. The SMILES string of the molecule is COc1ccc(OC)c(C(C)NC(C)C2CCOCC2)c1. The summed E-state index contributed by atoms with van der Waals surface area (Å²) in [6.07, 6.45) is 2.27. The van der Waals surface area contributed by atoms with Crippen LogP contribution in [0.25, 0.3) is 0 Å². The largest absolute Gasteiger partial charge is 0.497 e. The summed E-state index contributed by atoms with van der Waals surface area (Å²) in [7, 11) is 3.40. The van der Waals surface area contributed by atoms with Crippen LogP contribution in [0.1, 0.15) is 38.3 Å². The topological polar surface area (TPSA) is 39.7 Å². The number of benzene rings is 1. The molecule has 0 spiro atoms. The Morgan fingerprint density at radius 1 is 1.14 bits per heavy atom. The second kappa shape index (κ2) is 7.66. The average Bonchev–Trinajstić information content (AvgIpc) is 2.54. The van der Waals surface area contributed by atoms with Crippen molar-refractivity contribution in [2.24, 2.45) is 5.92 Å². The molecule has 1 aliphatic rings. The third-order valence-corrected chi connectivity index (χ3v) is 4.39. The van der Waals surface area contributed by atoms with Gasteiger partial charge in [0.2, 0.25) is 0 Å². The minimum atomic E-state index is 0.216. The number of nitrogens with one attached hydrogen (secondary N) is 1. The van der Waals surface area contributed by atoms with Crippen molar-refractivity contribution in [3.05, 3.63) is 23.8 Å². The molecule has 2 unspecified atom stereocenters. The lowest BCUT2D eigenvalue weighted by Crippen LogP contribution is -2.38. The van der Waals surface area contributed by atoms with Crippen LogP contribution in [0.5, 0.6) is 11.5 Å². The van der Waals surface area contributed by atoms with Gasteiger partial charge in [-0.2, -0.15) is 0 Å². The second-order valence-electron chi connectivity index (χ2n) is 5.73. The smallest absolute Gasteiger partial charge is 0.123 e. The van der Waals surface area contributed by atoms with E-state index in [9.17, 15) is 0 Å². The monoisotopic (exact) mass is 293 g/mol. The third-order valence-electron chi connectivity index (χ3n) is 4.39. The highest BCUT2D eigenvalue weighted by atomic mass is 16.5. The number of hydrogen-bond acceptors (Lipinski definition) is 4. The molecule has 2 rings (SSSR count). The molecule has 1 fully saturated rings. The van der Waals surface area contributed by atoms with Crippen LogP contribution in [0.2, 0.25) is 0 Å². The highest BCUT2D eigenvalue weighted by Crippen LogP contribution is 2.30. The van der Waals surface area contributed by atoms with Gasteiger partial charge in [-0.25, -0.2) is 0 Å². The van der Waals surface area contributed by atoms with Crippen LogP contribution in [0.15, 0.2) is 18.2 Å². The predicted octanol–water partition coefficient (Wildman–Crippen LogP) is 3.17. The van der Waals surface area contributed by atoms with Gasteiger partial charge in [0, 0.05) is 30.9 Å². The molecule has 2 atom stereocenters. The Morgan fingerprint density at radius 3 is 2.48 bits per heavy atom. The molecular formula is C17H27NO3. The summed E-state index contributed by atoms with van der Waals surface area (Å²) in [6.45, 7) is 6.20.